The standard InChI is InChI=1S/C15H15N3O4S/c19-13(20)7-10-9-23-6-5-17(10)14(21)11-8-16-12-3-1-2-4-18(12)15(11)22/h1-4,8,10H,5-7,9H2,(H,19,20). The fourth-order valence-electron chi connectivity index (χ4n) is 2.62. The summed E-state index contributed by atoms with van der Waals surface area (Å²) in [6, 6.07) is 4.72. The molecule has 1 amide bonds. The number of hydrogen-bond acceptors (Lipinski definition) is 5. The number of aromatic nitrogens is 2. The second kappa shape index (κ2) is 6.41. The highest BCUT2D eigenvalue weighted by atomic mass is 32.2. The molecule has 0 radical (unpaired) electrons. The number of carbonyl (C=O) groups is 2. The number of amides is 1. The molecule has 7 nitrogen and oxygen atoms in total. The van der Waals surface area contributed by atoms with Crippen molar-refractivity contribution in [2.24, 2.45) is 0 Å². The number of carboxylic acid groups (broad SMARTS) is 1. The van der Waals surface area contributed by atoms with Gasteiger partial charge >= 0.3 is 5.97 Å². The summed E-state index contributed by atoms with van der Waals surface area (Å²) in [4.78, 5) is 41.8. The Morgan fingerprint density at radius 1 is 1.39 bits per heavy atom. The van der Waals surface area contributed by atoms with Crippen LogP contribution in [0.1, 0.15) is 16.8 Å². The molecule has 1 aliphatic heterocycles. The van der Waals surface area contributed by atoms with Gasteiger partial charge in [0.2, 0.25) is 0 Å². The zero-order chi connectivity index (χ0) is 16.4. The molecular formula is C15H15N3O4S. The molecule has 1 saturated heterocycles. The van der Waals surface area contributed by atoms with Gasteiger partial charge in [-0.1, -0.05) is 6.07 Å². The quantitative estimate of drug-likeness (QED) is 0.890. The summed E-state index contributed by atoms with van der Waals surface area (Å²) in [6.45, 7) is 0.429. The van der Waals surface area contributed by atoms with Crippen LogP contribution in [-0.2, 0) is 4.79 Å². The number of carboxylic acids is 1. The van der Waals surface area contributed by atoms with E-state index in [0.29, 0.717) is 17.9 Å². The SMILES string of the molecule is O=C(O)CC1CSCCN1C(=O)c1cnc2ccccn2c1=O. The molecule has 1 atom stereocenters. The smallest absolute Gasteiger partial charge is 0.305 e. The van der Waals surface area contributed by atoms with E-state index in [0.717, 1.165) is 5.75 Å². The summed E-state index contributed by atoms with van der Waals surface area (Å²) < 4.78 is 1.32. The van der Waals surface area contributed by atoms with Crippen molar-refractivity contribution in [2.45, 2.75) is 12.5 Å². The fraction of sp³-hybridized carbons (Fsp3) is 0.333. The lowest BCUT2D eigenvalue weighted by molar-refractivity contribution is -0.138. The molecule has 0 bridgehead atoms. The van der Waals surface area contributed by atoms with Crippen molar-refractivity contribution in [3.05, 3.63) is 46.5 Å². The topological polar surface area (TPSA) is 92.0 Å². The predicted molar refractivity (Wildman–Crippen MR) is 85.9 cm³/mol. The monoisotopic (exact) mass is 333 g/mol. The van der Waals surface area contributed by atoms with Crippen molar-refractivity contribution in [3.8, 4) is 0 Å². The highest BCUT2D eigenvalue weighted by molar-refractivity contribution is 7.99. The van der Waals surface area contributed by atoms with Gasteiger partial charge < -0.3 is 10.0 Å². The van der Waals surface area contributed by atoms with E-state index in [1.54, 1.807) is 36.2 Å². The predicted octanol–water partition coefficient (Wildman–Crippen LogP) is 0.727. The summed E-state index contributed by atoms with van der Waals surface area (Å²) in [6.07, 6.45) is 2.71. The summed E-state index contributed by atoms with van der Waals surface area (Å²) in [5, 5.41) is 9.01. The van der Waals surface area contributed by atoms with Gasteiger partial charge in [-0.15, -0.1) is 0 Å². The van der Waals surface area contributed by atoms with E-state index < -0.39 is 23.5 Å². The van der Waals surface area contributed by atoms with Gasteiger partial charge in [-0.25, -0.2) is 4.98 Å². The van der Waals surface area contributed by atoms with E-state index in [1.165, 1.54) is 15.5 Å². The Labute approximate surface area is 135 Å². The molecule has 3 heterocycles. The third-order valence-electron chi connectivity index (χ3n) is 3.74. The second-order valence-corrected chi connectivity index (χ2v) is 6.38. The molecule has 120 valence electrons. The molecule has 1 unspecified atom stereocenters. The van der Waals surface area contributed by atoms with E-state index in [-0.39, 0.29) is 12.0 Å². The zero-order valence-electron chi connectivity index (χ0n) is 12.2. The summed E-state index contributed by atoms with van der Waals surface area (Å²) in [5.41, 5.74) is -0.00535. The second-order valence-electron chi connectivity index (χ2n) is 5.23. The molecule has 2 aromatic heterocycles. The Morgan fingerprint density at radius 3 is 3.00 bits per heavy atom. The Morgan fingerprint density at radius 2 is 2.22 bits per heavy atom. The zero-order valence-corrected chi connectivity index (χ0v) is 13.0. The fourth-order valence-corrected chi connectivity index (χ4v) is 3.68. The molecule has 8 heteroatoms. The van der Waals surface area contributed by atoms with Crippen LogP contribution in [0.4, 0.5) is 0 Å². The number of thioether (sulfide) groups is 1. The molecule has 2 aromatic rings. The highest BCUT2D eigenvalue weighted by Crippen LogP contribution is 2.20. The molecule has 1 fully saturated rings. The maximum atomic E-state index is 12.7. The van der Waals surface area contributed by atoms with Gasteiger partial charge in [0, 0.05) is 30.4 Å². The maximum Gasteiger partial charge on any atom is 0.305 e. The first-order valence-electron chi connectivity index (χ1n) is 7.15. The van der Waals surface area contributed by atoms with Gasteiger partial charge in [0.1, 0.15) is 11.2 Å². The van der Waals surface area contributed by atoms with Gasteiger partial charge in [-0.2, -0.15) is 11.8 Å². The lowest BCUT2D eigenvalue weighted by Gasteiger charge is -2.34. The Hall–Kier alpha value is -2.35. The minimum absolute atomic E-state index is 0.0315. The van der Waals surface area contributed by atoms with Crippen molar-refractivity contribution in [1.29, 1.82) is 0 Å². The minimum atomic E-state index is -0.955. The number of pyridine rings is 1. The molecule has 1 aliphatic rings. The summed E-state index contributed by atoms with van der Waals surface area (Å²) in [5.74, 6) is -0.124. The van der Waals surface area contributed by atoms with Crippen molar-refractivity contribution >= 4 is 29.3 Å². The van der Waals surface area contributed by atoms with Crippen molar-refractivity contribution in [2.75, 3.05) is 18.1 Å². The number of nitrogens with zero attached hydrogens (tertiary/aromatic N) is 3. The van der Waals surface area contributed by atoms with E-state index in [4.69, 9.17) is 5.11 Å². The first-order valence-corrected chi connectivity index (χ1v) is 8.30. The largest absolute Gasteiger partial charge is 0.481 e. The Bertz CT molecular complexity index is 820. The number of hydrogen-bond donors (Lipinski definition) is 1. The van der Waals surface area contributed by atoms with Gasteiger partial charge in [0.25, 0.3) is 11.5 Å². The van der Waals surface area contributed by atoms with Gasteiger partial charge in [-0.05, 0) is 12.1 Å². The molecule has 0 aliphatic carbocycles. The van der Waals surface area contributed by atoms with E-state index in [1.807, 2.05) is 0 Å². The molecule has 1 N–H and O–H groups in total. The van der Waals surface area contributed by atoms with Crippen LogP contribution >= 0.6 is 11.8 Å². The van der Waals surface area contributed by atoms with Gasteiger partial charge in [0.05, 0.1) is 12.5 Å². The number of carbonyl (C=O) groups excluding carboxylic acids is 1. The molecular weight excluding hydrogens is 318 g/mol. The highest BCUT2D eigenvalue weighted by Gasteiger charge is 2.31. The van der Waals surface area contributed by atoms with Crippen LogP contribution in [0.3, 0.4) is 0 Å². The van der Waals surface area contributed by atoms with Gasteiger partial charge in [-0.3, -0.25) is 18.8 Å². The Kier molecular flexibility index (Phi) is 4.33. The number of rotatable bonds is 3. The lowest BCUT2D eigenvalue weighted by Crippen LogP contribution is -2.48. The van der Waals surface area contributed by atoms with Crippen LogP contribution in [0.2, 0.25) is 0 Å². The lowest BCUT2D eigenvalue weighted by atomic mass is 10.1. The summed E-state index contributed by atoms with van der Waals surface area (Å²) in [7, 11) is 0. The van der Waals surface area contributed by atoms with E-state index in [9.17, 15) is 14.4 Å². The van der Waals surface area contributed by atoms with Crippen LogP contribution in [0.5, 0.6) is 0 Å². The molecule has 3 rings (SSSR count). The van der Waals surface area contributed by atoms with E-state index in [2.05, 4.69) is 4.98 Å². The first-order chi connectivity index (χ1) is 11.1. The van der Waals surface area contributed by atoms with Crippen molar-refractivity contribution in [3.63, 3.8) is 0 Å². The Balaban J connectivity index is 1.97. The maximum absolute atomic E-state index is 12.7. The van der Waals surface area contributed by atoms with Crippen molar-refractivity contribution in [1.82, 2.24) is 14.3 Å². The molecule has 0 aromatic carbocycles. The third kappa shape index (κ3) is 3.07. The average molecular weight is 333 g/mol. The minimum Gasteiger partial charge on any atom is -0.481 e. The van der Waals surface area contributed by atoms with E-state index >= 15 is 0 Å². The van der Waals surface area contributed by atoms with Crippen molar-refractivity contribution < 1.29 is 14.7 Å². The first kappa shape index (κ1) is 15.5. The van der Waals surface area contributed by atoms with Gasteiger partial charge in [0.15, 0.2) is 0 Å². The molecule has 23 heavy (non-hydrogen) atoms. The number of fused-ring (bicyclic) bond motifs is 1. The number of aliphatic carboxylic acids is 1. The van der Waals surface area contributed by atoms with Crippen LogP contribution in [0.25, 0.3) is 5.65 Å². The average Bonchev–Trinajstić information content (AvgIpc) is 2.55. The molecule has 0 saturated carbocycles. The molecule has 0 spiro atoms. The van der Waals surface area contributed by atoms with Crippen LogP contribution < -0.4 is 5.56 Å². The van der Waals surface area contributed by atoms with Crippen LogP contribution in [-0.4, -0.2) is 55.4 Å². The van der Waals surface area contributed by atoms with Crippen LogP contribution in [0.15, 0.2) is 35.4 Å². The van der Waals surface area contributed by atoms with Crippen LogP contribution in [0, 0.1) is 0 Å². The summed E-state index contributed by atoms with van der Waals surface area (Å²) >= 11 is 1.61. The normalized spacial score (nSPS) is 18.1. The third-order valence-corrected chi connectivity index (χ3v) is 4.83.